The van der Waals surface area contributed by atoms with Crippen LogP contribution in [0.3, 0.4) is 0 Å². The lowest BCUT2D eigenvalue weighted by atomic mass is 9.67. The van der Waals surface area contributed by atoms with E-state index in [0.29, 0.717) is 124 Å². The summed E-state index contributed by atoms with van der Waals surface area (Å²) < 4.78 is 34.7. The Morgan fingerprint density at radius 3 is 2.27 bits per heavy atom. The zero-order valence-electron chi connectivity index (χ0n) is 47.7. The second-order valence-corrected chi connectivity index (χ2v) is 23.5. The Labute approximate surface area is 501 Å². The Balaban J connectivity index is 0.806. The smallest absolute Gasteiger partial charge is 0.493 e. The number of alkyl halides is 1. The van der Waals surface area contributed by atoms with Crippen LogP contribution in [0.2, 0.25) is 0 Å². The number of anilines is 3. The molecule has 86 heavy (non-hydrogen) atoms. The fraction of sp³-hybridized carbons (Fsp3) is 0.467. The second kappa shape index (κ2) is 27.8. The first-order chi connectivity index (χ1) is 41.4. The van der Waals surface area contributed by atoms with Gasteiger partial charge in [-0.25, -0.2) is 14.3 Å². The molecular weight excluding hydrogens is 1160 g/mol. The molecule has 5 aliphatic rings. The molecule has 4 aliphatic heterocycles. The van der Waals surface area contributed by atoms with Crippen molar-refractivity contribution < 1.29 is 76.5 Å². The number of unbranched alkanes of at least 4 members (excludes halogenated alkanes) is 4. The number of carbonyl (C=O) groups is 8. The van der Waals surface area contributed by atoms with Gasteiger partial charge >= 0.3 is 13.9 Å². The maximum Gasteiger partial charge on any atom is 0.524 e. The van der Waals surface area contributed by atoms with Crippen LogP contribution in [0, 0.1) is 5.41 Å². The van der Waals surface area contributed by atoms with Crippen LogP contribution in [-0.4, -0.2) is 143 Å². The number of rotatable bonds is 27. The van der Waals surface area contributed by atoms with Gasteiger partial charge in [-0.1, -0.05) is 42.8 Å². The van der Waals surface area contributed by atoms with Crippen molar-refractivity contribution in [3.05, 3.63) is 95.6 Å². The fourth-order valence-electron chi connectivity index (χ4n) is 11.8. The van der Waals surface area contributed by atoms with Gasteiger partial charge in [0.15, 0.2) is 17.7 Å². The van der Waals surface area contributed by atoms with Gasteiger partial charge in [0, 0.05) is 79.8 Å². The summed E-state index contributed by atoms with van der Waals surface area (Å²) in [6.07, 6.45) is 6.26. The minimum atomic E-state index is -4.95. The van der Waals surface area contributed by atoms with Crippen LogP contribution in [0.5, 0.6) is 17.2 Å². The van der Waals surface area contributed by atoms with E-state index in [9.17, 15) is 57.8 Å². The summed E-state index contributed by atoms with van der Waals surface area (Å²) in [5.41, 5.74) is 6.64. The van der Waals surface area contributed by atoms with Crippen LogP contribution in [0.1, 0.15) is 117 Å². The van der Waals surface area contributed by atoms with Crippen molar-refractivity contribution in [3.8, 4) is 17.2 Å². The molecule has 460 valence electrons. The third-order valence-corrected chi connectivity index (χ3v) is 17.3. The minimum absolute atomic E-state index is 0.0249. The largest absolute Gasteiger partial charge is 0.524 e. The number of benzene rings is 4. The predicted octanol–water partition coefficient (Wildman–Crippen LogP) is 6.25. The summed E-state index contributed by atoms with van der Waals surface area (Å²) in [7, 11) is -3.55. The molecule has 4 aromatic rings. The zero-order chi connectivity index (χ0) is 61.3. The number of methoxy groups -OCH3 is 1. The van der Waals surface area contributed by atoms with Gasteiger partial charge in [-0.05, 0) is 118 Å². The van der Waals surface area contributed by atoms with E-state index in [2.05, 4.69) is 16.0 Å². The minimum Gasteiger partial charge on any atom is -0.493 e. The first kappa shape index (κ1) is 62.9. The van der Waals surface area contributed by atoms with E-state index in [0.717, 1.165) is 10.5 Å². The Morgan fingerprint density at radius 1 is 0.849 bits per heavy atom. The van der Waals surface area contributed by atoms with Crippen LogP contribution in [0.25, 0.3) is 10.8 Å². The molecule has 4 heterocycles. The summed E-state index contributed by atoms with van der Waals surface area (Å²) in [6, 6.07) is 16.1. The molecule has 9 rings (SSSR count). The average Bonchev–Trinajstić information content (AvgIpc) is 1.69. The molecule has 24 nitrogen and oxygen atoms in total. The summed E-state index contributed by atoms with van der Waals surface area (Å²) in [5.74, 6) is -2.63. The summed E-state index contributed by atoms with van der Waals surface area (Å²) in [6.45, 7) is 1.34. The molecule has 8 N–H and O–H groups in total. The SMILES string of the molecule is COc1cc2c(cc1OCCCCC(=O)N1C[C@@H](CCl)c3c1cc(OP(=O)(O)O)c1ccccc31)N(C(=O)OCc1ccc(NC(=O)[C@H](CCCCN)NC(=O)C3(C(=O)NCCCCCN4C(=O)C=CC4=O)CCC3)cc1)C(O)[C@@H]1CCCN1C2=O. The molecule has 4 atom stereocenters. The van der Waals surface area contributed by atoms with Crippen LogP contribution in [0.4, 0.5) is 21.9 Å². The molecule has 1 saturated carbocycles. The van der Waals surface area contributed by atoms with Crippen molar-refractivity contribution in [2.24, 2.45) is 11.1 Å². The Hall–Kier alpha value is -7.60. The number of nitrogens with zero attached hydrogens (tertiary/aromatic N) is 4. The number of nitrogens with two attached hydrogens (primary N) is 1. The number of hydrogen-bond donors (Lipinski definition) is 7. The molecule has 0 aromatic heterocycles. The van der Waals surface area contributed by atoms with Gasteiger partial charge in [-0.3, -0.25) is 48.2 Å². The third-order valence-electron chi connectivity index (χ3n) is 16.5. The second-order valence-electron chi connectivity index (χ2n) is 22.1. The number of imide groups is 1. The van der Waals surface area contributed by atoms with Gasteiger partial charge in [-0.2, -0.15) is 0 Å². The zero-order valence-corrected chi connectivity index (χ0v) is 49.4. The van der Waals surface area contributed by atoms with E-state index < -0.39 is 61.3 Å². The van der Waals surface area contributed by atoms with E-state index in [1.165, 1.54) is 47.3 Å². The number of carbonyl (C=O) groups excluding carboxylic acids is 8. The molecule has 1 aliphatic carbocycles. The normalized spacial score (nSPS) is 18.9. The van der Waals surface area contributed by atoms with E-state index >= 15 is 0 Å². The highest BCUT2D eigenvalue weighted by molar-refractivity contribution is 7.46. The number of hydrogen-bond acceptors (Lipinski definition) is 15. The number of aliphatic hydroxyl groups is 1. The Kier molecular flexibility index (Phi) is 20.4. The average molecular weight is 1230 g/mol. The first-order valence-electron chi connectivity index (χ1n) is 29.1. The summed E-state index contributed by atoms with van der Waals surface area (Å²) in [4.78, 5) is 132. The van der Waals surface area contributed by atoms with Crippen LogP contribution in [-0.2, 0) is 44.7 Å². The molecule has 0 bridgehead atoms. The summed E-state index contributed by atoms with van der Waals surface area (Å²) in [5, 5.41) is 21.6. The van der Waals surface area contributed by atoms with Crippen LogP contribution < -0.4 is 45.5 Å². The number of phosphoric acid groups is 1. The van der Waals surface area contributed by atoms with E-state index in [-0.39, 0.29) is 97.2 Å². The molecule has 2 fully saturated rings. The molecule has 26 heteroatoms. The number of fused-ring (bicyclic) bond motifs is 5. The third kappa shape index (κ3) is 14.0. The predicted molar refractivity (Wildman–Crippen MR) is 316 cm³/mol. The molecular formula is C60H72ClN8O16P. The quantitative estimate of drug-likeness (QED) is 0.0114. The van der Waals surface area contributed by atoms with E-state index in [4.69, 9.17) is 36.1 Å². The Morgan fingerprint density at radius 2 is 1.58 bits per heavy atom. The van der Waals surface area contributed by atoms with Gasteiger partial charge < -0.3 is 55.3 Å². The molecule has 8 amide bonds. The molecule has 1 saturated heterocycles. The van der Waals surface area contributed by atoms with Crippen LogP contribution in [0.15, 0.2) is 78.9 Å². The fourth-order valence-corrected chi connectivity index (χ4v) is 12.4. The Bertz CT molecular complexity index is 3300. The maximum atomic E-state index is 14.3. The van der Waals surface area contributed by atoms with Gasteiger partial charge in [0.05, 0.1) is 36.7 Å². The highest BCUT2D eigenvalue weighted by atomic mass is 35.5. The number of ether oxygens (including phenoxy) is 3. The van der Waals surface area contributed by atoms with Crippen molar-refractivity contribution in [1.82, 2.24) is 20.4 Å². The highest BCUT2D eigenvalue weighted by Crippen LogP contribution is 2.50. The number of nitrogens with one attached hydrogen (secondary N) is 3. The number of aliphatic hydroxyl groups excluding tert-OH is 1. The monoisotopic (exact) mass is 1230 g/mol. The van der Waals surface area contributed by atoms with Gasteiger partial charge in [0.2, 0.25) is 23.6 Å². The molecule has 1 unspecified atom stereocenters. The number of phosphoric ester groups is 1. The lowest BCUT2D eigenvalue weighted by molar-refractivity contribution is -0.151. The van der Waals surface area contributed by atoms with Crippen molar-refractivity contribution in [1.29, 1.82) is 0 Å². The van der Waals surface area contributed by atoms with Crippen molar-refractivity contribution in [2.45, 2.75) is 121 Å². The van der Waals surface area contributed by atoms with Crippen molar-refractivity contribution in [2.75, 3.05) is 67.4 Å². The molecule has 0 spiro atoms. The highest BCUT2D eigenvalue weighted by Gasteiger charge is 2.51. The summed E-state index contributed by atoms with van der Waals surface area (Å²) >= 11 is 6.41. The van der Waals surface area contributed by atoms with E-state index in [1.807, 2.05) is 0 Å². The standard InChI is InChI=1S/C60H72ClN8O16P/c1-82-48-31-42-45(32-49(48)83-30-10-6-17-50(70)68-35-38(34-61)53-41-14-4-3-13-40(41)47(33-46(53)68)85-86(79,80)81)69(56(75)44-16-11-29-66(44)55(42)74)59(78)84-36-37-18-20-39(21-19-37)64-54(73)43(15-5-7-26-62)65-58(77)60(24-12-25-60)57(76)63-27-8-2-9-28-67-51(71)22-23-52(67)72/h3-4,13-14,18-23,31-33,38,43-44,56,75H,2,5-12,15-17,24-30,34-36,62H2,1H3,(H,63,76)(H,64,73)(H,65,77)(H2,79,80,81)/t38-,43+,44+,56?/m1/s1. The van der Waals surface area contributed by atoms with Gasteiger partial charge in [-0.15, -0.1) is 11.6 Å². The van der Waals surface area contributed by atoms with Crippen molar-refractivity contribution in [3.63, 3.8) is 0 Å². The molecule has 0 radical (unpaired) electrons. The van der Waals surface area contributed by atoms with Crippen molar-refractivity contribution >= 4 is 94.7 Å². The number of amides is 8. The lowest BCUT2D eigenvalue weighted by Crippen LogP contribution is -2.58. The lowest BCUT2D eigenvalue weighted by Gasteiger charge is -2.39. The van der Waals surface area contributed by atoms with Gasteiger partial charge in [0.25, 0.3) is 17.7 Å². The maximum absolute atomic E-state index is 14.3. The van der Waals surface area contributed by atoms with Crippen LogP contribution >= 0.6 is 19.4 Å². The number of halogens is 1. The topological polar surface area (TPSA) is 326 Å². The first-order valence-corrected chi connectivity index (χ1v) is 31.1. The van der Waals surface area contributed by atoms with E-state index in [1.54, 1.807) is 53.4 Å². The molecule has 4 aromatic carbocycles. The van der Waals surface area contributed by atoms with Gasteiger partial charge in [0.1, 0.15) is 23.8 Å².